The zero-order valence-corrected chi connectivity index (χ0v) is 17.5. The van der Waals surface area contributed by atoms with Crippen LogP contribution in [0.1, 0.15) is 23.1 Å². The molecule has 0 radical (unpaired) electrons. The molecule has 0 aliphatic rings. The lowest BCUT2D eigenvalue weighted by Crippen LogP contribution is -2.34. The van der Waals surface area contributed by atoms with Gasteiger partial charge in [0.05, 0.1) is 12.5 Å². The summed E-state index contributed by atoms with van der Waals surface area (Å²) in [6, 6.07) is 38.1. The Bertz CT molecular complexity index is 1010. The topological polar surface area (TPSA) is 38.3 Å². The molecule has 4 aromatic carbocycles. The molecule has 0 aliphatic carbocycles. The van der Waals surface area contributed by atoms with Crippen LogP contribution in [0.15, 0.2) is 115 Å². The number of amides is 1. The lowest BCUT2D eigenvalue weighted by molar-refractivity contribution is -0.116. The fourth-order valence-electron chi connectivity index (χ4n) is 4.09. The molecule has 0 saturated carbocycles. The normalized spacial score (nSPS) is 11.0. The third-order valence-electron chi connectivity index (χ3n) is 5.60. The van der Waals surface area contributed by atoms with Crippen LogP contribution in [0.2, 0.25) is 0 Å². The highest BCUT2D eigenvalue weighted by Crippen LogP contribution is 2.42. The number of rotatable bonds is 7. The van der Waals surface area contributed by atoms with E-state index in [1.165, 1.54) is 0 Å². The average Bonchev–Trinajstić information content (AvgIpc) is 2.85. The molecule has 0 atom stereocenters. The van der Waals surface area contributed by atoms with Crippen LogP contribution in [0.5, 0.6) is 5.75 Å². The van der Waals surface area contributed by atoms with E-state index >= 15 is 0 Å². The Kier molecular flexibility index (Phi) is 6.13. The van der Waals surface area contributed by atoms with E-state index in [1.54, 1.807) is 7.11 Å². The van der Waals surface area contributed by atoms with Crippen molar-refractivity contribution in [1.82, 2.24) is 0 Å². The number of carbonyl (C=O) groups is 1. The van der Waals surface area contributed by atoms with Gasteiger partial charge in [-0.15, -0.1) is 0 Å². The summed E-state index contributed by atoms with van der Waals surface area (Å²) < 4.78 is 5.22. The van der Waals surface area contributed by atoms with Gasteiger partial charge in [0.2, 0.25) is 5.91 Å². The SMILES string of the molecule is COc1ccc(NC(=O)CC(c2ccccc2)(c2ccccc2)c2ccccc2)cc1. The van der Waals surface area contributed by atoms with Crippen molar-refractivity contribution < 1.29 is 9.53 Å². The first-order valence-electron chi connectivity index (χ1n) is 10.3. The summed E-state index contributed by atoms with van der Waals surface area (Å²) in [6.45, 7) is 0. The first kappa shape index (κ1) is 20.4. The van der Waals surface area contributed by atoms with Gasteiger partial charge in [0.15, 0.2) is 0 Å². The second kappa shape index (κ2) is 9.31. The Balaban J connectivity index is 1.78. The van der Waals surface area contributed by atoms with Gasteiger partial charge < -0.3 is 10.1 Å². The van der Waals surface area contributed by atoms with Crippen molar-refractivity contribution in [3.63, 3.8) is 0 Å². The summed E-state index contributed by atoms with van der Waals surface area (Å²) in [4.78, 5) is 13.4. The fraction of sp³-hybridized carbons (Fsp3) is 0.107. The van der Waals surface area contributed by atoms with Crippen LogP contribution in [0.4, 0.5) is 5.69 Å². The highest BCUT2D eigenvalue weighted by Gasteiger charge is 2.38. The predicted molar refractivity (Wildman–Crippen MR) is 125 cm³/mol. The van der Waals surface area contributed by atoms with Gasteiger partial charge in [-0.2, -0.15) is 0 Å². The Morgan fingerprint density at radius 1 is 0.677 bits per heavy atom. The van der Waals surface area contributed by atoms with Crippen molar-refractivity contribution in [2.75, 3.05) is 12.4 Å². The molecule has 4 rings (SSSR count). The monoisotopic (exact) mass is 407 g/mol. The molecule has 3 heteroatoms. The van der Waals surface area contributed by atoms with Crippen molar-refractivity contribution in [1.29, 1.82) is 0 Å². The summed E-state index contributed by atoms with van der Waals surface area (Å²) >= 11 is 0. The minimum absolute atomic E-state index is 0.0540. The summed E-state index contributed by atoms with van der Waals surface area (Å²) in [5.74, 6) is 0.701. The minimum atomic E-state index is -0.611. The number of nitrogens with one attached hydrogen (secondary N) is 1. The predicted octanol–water partition coefficient (Wildman–Crippen LogP) is 6.06. The van der Waals surface area contributed by atoms with Gasteiger partial charge in [0, 0.05) is 12.1 Å². The number of ether oxygens (including phenoxy) is 1. The molecule has 0 fully saturated rings. The molecular formula is C28H25NO2. The number of carbonyl (C=O) groups excluding carboxylic acids is 1. The van der Waals surface area contributed by atoms with Gasteiger partial charge in [-0.05, 0) is 41.0 Å². The van der Waals surface area contributed by atoms with Gasteiger partial charge in [0.25, 0.3) is 0 Å². The second-order valence-electron chi connectivity index (χ2n) is 7.46. The van der Waals surface area contributed by atoms with Crippen molar-refractivity contribution >= 4 is 11.6 Å². The van der Waals surface area contributed by atoms with E-state index in [1.807, 2.05) is 78.9 Å². The smallest absolute Gasteiger partial charge is 0.225 e. The van der Waals surface area contributed by atoms with Crippen molar-refractivity contribution in [2.45, 2.75) is 11.8 Å². The maximum atomic E-state index is 13.4. The molecule has 1 N–H and O–H groups in total. The number of hydrogen-bond donors (Lipinski definition) is 1. The fourth-order valence-corrected chi connectivity index (χ4v) is 4.09. The maximum absolute atomic E-state index is 13.4. The Morgan fingerprint density at radius 2 is 1.10 bits per heavy atom. The van der Waals surface area contributed by atoms with Crippen LogP contribution in [-0.2, 0) is 10.2 Å². The second-order valence-corrected chi connectivity index (χ2v) is 7.46. The lowest BCUT2D eigenvalue weighted by atomic mass is 9.67. The molecule has 0 unspecified atom stereocenters. The van der Waals surface area contributed by atoms with Gasteiger partial charge >= 0.3 is 0 Å². The first-order chi connectivity index (χ1) is 15.2. The van der Waals surface area contributed by atoms with Crippen LogP contribution in [-0.4, -0.2) is 13.0 Å². The van der Waals surface area contributed by atoms with E-state index in [0.717, 1.165) is 28.1 Å². The molecule has 3 nitrogen and oxygen atoms in total. The maximum Gasteiger partial charge on any atom is 0.225 e. The van der Waals surface area contributed by atoms with E-state index in [4.69, 9.17) is 4.74 Å². The molecule has 0 spiro atoms. The van der Waals surface area contributed by atoms with Crippen LogP contribution >= 0.6 is 0 Å². The molecule has 0 saturated heterocycles. The van der Waals surface area contributed by atoms with Crippen molar-refractivity contribution in [2.24, 2.45) is 0 Å². The quantitative estimate of drug-likeness (QED) is 0.378. The zero-order valence-electron chi connectivity index (χ0n) is 17.5. The average molecular weight is 408 g/mol. The van der Waals surface area contributed by atoms with Crippen LogP contribution in [0, 0.1) is 0 Å². The highest BCUT2D eigenvalue weighted by atomic mass is 16.5. The third-order valence-corrected chi connectivity index (χ3v) is 5.60. The molecule has 31 heavy (non-hydrogen) atoms. The standard InChI is InChI=1S/C28H25NO2/c1-31-26-19-17-25(18-20-26)29-27(30)21-28(22-11-5-2-6-12-22,23-13-7-3-8-14-23)24-15-9-4-10-16-24/h2-20H,21H2,1H3,(H,29,30). The van der Waals surface area contributed by atoms with E-state index in [-0.39, 0.29) is 12.3 Å². The molecule has 154 valence electrons. The van der Waals surface area contributed by atoms with E-state index in [9.17, 15) is 4.79 Å². The zero-order chi connectivity index (χ0) is 21.5. The molecule has 4 aromatic rings. The summed E-state index contributed by atoms with van der Waals surface area (Å²) in [5.41, 5.74) is 3.38. The van der Waals surface area contributed by atoms with Crippen molar-refractivity contribution in [3.8, 4) is 5.75 Å². The van der Waals surface area contributed by atoms with Gasteiger partial charge in [-0.25, -0.2) is 0 Å². The largest absolute Gasteiger partial charge is 0.497 e. The Labute approximate surface area is 183 Å². The van der Waals surface area contributed by atoms with E-state index in [0.29, 0.717) is 0 Å². The molecule has 0 aliphatic heterocycles. The Morgan fingerprint density at radius 3 is 1.48 bits per heavy atom. The van der Waals surface area contributed by atoms with Gasteiger partial charge in [-0.1, -0.05) is 91.0 Å². The van der Waals surface area contributed by atoms with Crippen molar-refractivity contribution in [3.05, 3.63) is 132 Å². The number of benzene rings is 4. The summed E-state index contributed by atoms with van der Waals surface area (Å²) in [7, 11) is 1.63. The lowest BCUT2D eigenvalue weighted by Gasteiger charge is -2.35. The molecule has 0 heterocycles. The molecule has 0 aromatic heterocycles. The molecule has 1 amide bonds. The Hall–Kier alpha value is -3.85. The van der Waals surface area contributed by atoms with Gasteiger partial charge in [-0.3, -0.25) is 4.79 Å². The number of anilines is 1. The van der Waals surface area contributed by atoms with E-state index in [2.05, 4.69) is 41.7 Å². The van der Waals surface area contributed by atoms with Crippen LogP contribution in [0.25, 0.3) is 0 Å². The number of hydrogen-bond acceptors (Lipinski definition) is 2. The van der Waals surface area contributed by atoms with Crippen LogP contribution in [0.3, 0.4) is 0 Å². The highest BCUT2D eigenvalue weighted by molar-refractivity contribution is 5.92. The van der Waals surface area contributed by atoms with Crippen LogP contribution < -0.4 is 10.1 Å². The summed E-state index contributed by atoms with van der Waals surface area (Å²) in [5, 5.41) is 3.06. The third kappa shape index (κ3) is 4.36. The first-order valence-corrected chi connectivity index (χ1v) is 10.3. The van der Waals surface area contributed by atoms with Gasteiger partial charge in [0.1, 0.15) is 5.75 Å². The minimum Gasteiger partial charge on any atom is -0.497 e. The molecule has 0 bridgehead atoms. The molecular weight excluding hydrogens is 382 g/mol. The van der Waals surface area contributed by atoms with E-state index < -0.39 is 5.41 Å². The summed E-state index contributed by atoms with van der Waals surface area (Å²) in [6.07, 6.45) is 0.275. The number of methoxy groups -OCH3 is 1.